The Bertz CT molecular complexity index is 886. The third-order valence-electron chi connectivity index (χ3n) is 3.93. The first-order valence-electron chi connectivity index (χ1n) is 7.71. The van der Waals surface area contributed by atoms with Crippen LogP contribution in [0.3, 0.4) is 0 Å². The van der Waals surface area contributed by atoms with Crippen molar-refractivity contribution in [3.05, 3.63) is 63.6 Å². The van der Waals surface area contributed by atoms with Gasteiger partial charge in [0.1, 0.15) is 0 Å². The molecule has 4 nitrogen and oxygen atoms in total. The van der Waals surface area contributed by atoms with Crippen LogP contribution in [-0.4, -0.2) is 25.7 Å². The number of rotatable bonds is 3. The molecule has 0 saturated carbocycles. The number of hydrogen-bond acceptors (Lipinski definition) is 3. The number of halogens is 2. The molecular weight excluding hydrogens is 357 g/mol. The van der Waals surface area contributed by atoms with Crippen LogP contribution >= 0.6 is 23.2 Å². The Hall–Kier alpha value is -2.30. The topological polar surface area (TPSA) is 35.9 Å². The molecular formula is C19H17Cl2N3O. The lowest BCUT2D eigenvalue weighted by Crippen LogP contribution is -2.21. The minimum Gasteiger partial charge on any atom is -0.378 e. The Morgan fingerprint density at radius 2 is 1.72 bits per heavy atom. The molecule has 0 spiro atoms. The van der Waals surface area contributed by atoms with Crippen molar-refractivity contribution >= 4 is 52.3 Å². The Morgan fingerprint density at radius 1 is 1.04 bits per heavy atom. The summed E-state index contributed by atoms with van der Waals surface area (Å²) in [4.78, 5) is 14.8. The summed E-state index contributed by atoms with van der Waals surface area (Å²) in [5, 5.41) is 6.53. The van der Waals surface area contributed by atoms with Crippen LogP contribution in [0.1, 0.15) is 12.5 Å². The van der Waals surface area contributed by atoms with Gasteiger partial charge in [-0.3, -0.25) is 4.79 Å². The zero-order valence-corrected chi connectivity index (χ0v) is 15.6. The van der Waals surface area contributed by atoms with Crippen molar-refractivity contribution in [2.75, 3.05) is 24.0 Å². The lowest BCUT2D eigenvalue weighted by Gasteiger charge is -2.13. The lowest BCUT2D eigenvalue weighted by molar-refractivity contribution is -0.114. The Morgan fingerprint density at radius 3 is 2.32 bits per heavy atom. The van der Waals surface area contributed by atoms with E-state index in [1.54, 1.807) is 18.2 Å². The van der Waals surface area contributed by atoms with Gasteiger partial charge in [0.05, 0.1) is 27.0 Å². The van der Waals surface area contributed by atoms with Crippen LogP contribution in [0.4, 0.5) is 11.4 Å². The minimum absolute atomic E-state index is 0.187. The maximum absolute atomic E-state index is 12.8. The van der Waals surface area contributed by atoms with Crippen LogP contribution in [0.5, 0.6) is 0 Å². The van der Waals surface area contributed by atoms with Gasteiger partial charge in [-0.2, -0.15) is 10.1 Å². The number of carbonyl (C=O) groups is 1. The zero-order chi connectivity index (χ0) is 18.1. The van der Waals surface area contributed by atoms with Gasteiger partial charge in [-0.1, -0.05) is 35.3 Å². The summed E-state index contributed by atoms with van der Waals surface area (Å²) in [5.41, 5.74) is 3.85. The van der Waals surface area contributed by atoms with Crippen LogP contribution in [0, 0.1) is 0 Å². The molecule has 25 heavy (non-hydrogen) atoms. The first kappa shape index (κ1) is 17.5. The number of carbonyl (C=O) groups excluding carboxylic acids is 1. The van der Waals surface area contributed by atoms with Gasteiger partial charge in [0.25, 0.3) is 5.91 Å². The van der Waals surface area contributed by atoms with E-state index in [2.05, 4.69) is 5.10 Å². The molecule has 0 aromatic heterocycles. The number of anilines is 2. The molecule has 0 fully saturated rings. The first-order valence-corrected chi connectivity index (χ1v) is 8.46. The first-order chi connectivity index (χ1) is 11.9. The highest BCUT2D eigenvalue weighted by atomic mass is 35.5. The molecule has 0 N–H and O–H groups in total. The van der Waals surface area contributed by atoms with Crippen molar-refractivity contribution in [3.63, 3.8) is 0 Å². The summed E-state index contributed by atoms with van der Waals surface area (Å²) in [6, 6.07) is 13.0. The van der Waals surface area contributed by atoms with Gasteiger partial charge in [0.15, 0.2) is 0 Å². The van der Waals surface area contributed by atoms with Crippen molar-refractivity contribution in [2.24, 2.45) is 5.10 Å². The zero-order valence-electron chi connectivity index (χ0n) is 14.1. The summed E-state index contributed by atoms with van der Waals surface area (Å²) in [7, 11) is 3.97. The Balaban J connectivity index is 1.90. The summed E-state index contributed by atoms with van der Waals surface area (Å²) in [6.45, 7) is 1.81. The fraction of sp³-hybridized carbons (Fsp3) is 0.158. The molecule has 2 aromatic rings. The van der Waals surface area contributed by atoms with Gasteiger partial charge < -0.3 is 4.90 Å². The van der Waals surface area contributed by atoms with Crippen molar-refractivity contribution in [3.8, 4) is 0 Å². The average molecular weight is 374 g/mol. The second-order valence-electron chi connectivity index (χ2n) is 5.94. The average Bonchev–Trinajstić information content (AvgIpc) is 2.86. The predicted molar refractivity (Wildman–Crippen MR) is 106 cm³/mol. The van der Waals surface area contributed by atoms with Crippen molar-refractivity contribution < 1.29 is 4.79 Å². The summed E-state index contributed by atoms with van der Waals surface area (Å²) in [6.07, 6.45) is 1.85. The third kappa shape index (κ3) is 3.55. The predicted octanol–water partition coefficient (Wildman–Crippen LogP) is 4.87. The van der Waals surface area contributed by atoms with Crippen molar-refractivity contribution in [1.29, 1.82) is 0 Å². The van der Waals surface area contributed by atoms with E-state index < -0.39 is 0 Å². The quantitative estimate of drug-likeness (QED) is 0.719. The molecule has 0 saturated heterocycles. The molecule has 1 aliphatic rings. The molecule has 1 amide bonds. The number of hydrazone groups is 1. The second-order valence-corrected chi connectivity index (χ2v) is 6.76. The molecule has 6 heteroatoms. The monoisotopic (exact) mass is 373 g/mol. The number of benzene rings is 2. The van der Waals surface area contributed by atoms with Gasteiger partial charge >= 0.3 is 0 Å². The van der Waals surface area contributed by atoms with Crippen LogP contribution < -0.4 is 9.91 Å². The molecule has 0 radical (unpaired) electrons. The second kappa shape index (κ2) is 6.90. The van der Waals surface area contributed by atoms with Gasteiger partial charge in [0, 0.05) is 19.8 Å². The van der Waals surface area contributed by atoms with Crippen LogP contribution in [0.15, 0.2) is 53.1 Å². The van der Waals surface area contributed by atoms with Crippen molar-refractivity contribution in [2.45, 2.75) is 6.92 Å². The summed E-state index contributed by atoms with van der Waals surface area (Å²) in [5.74, 6) is -0.187. The van der Waals surface area contributed by atoms with E-state index in [0.29, 0.717) is 27.0 Å². The smallest absolute Gasteiger partial charge is 0.280 e. The summed E-state index contributed by atoms with van der Waals surface area (Å²) >= 11 is 12.0. The fourth-order valence-corrected chi connectivity index (χ4v) is 2.80. The third-order valence-corrected chi connectivity index (χ3v) is 4.67. The molecule has 0 aliphatic carbocycles. The maximum atomic E-state index is 12.8. The van der Waals surface area contributed by atoms with Crippen LogP contribution in [0.2, 0.25) is 10.0 Å². The Labute approximate surface area is 157 Å². The Kier molecular flexibility index (Phi) is 4.84. The normalized spacial score (nSPS) is 15.7. The van der Waals surface area contributed by atoms with E-state index in [4.69, 9.17) is 23.2 Å². The van der Waals surface area contributed by atoms with E-state index >= 15 is 0 Å². The highest BCUT2D eigenvalue weighted by molar-refractivity contribution is 6.42. The standard InChI is InChI=1S/C19H17Cl2N3O/c1-12-16(10-13-4-6-14(7-5-13)23(2)3)19(25)24(22-12)15-8-9-17(20)18(21)11-15/h4-11H,1-3H3/b16-10+. The van der Waals surface area contributed by atoms with E-state index in [0.717, 1.165) is 11.3 Å². The van der Waals surface area contributed by atoms with Crippen molar-refractivity contribution in [1.82, 2.24) is 0 Å². The highest BCUT2D eigenvalue weighted by Crippen LogP contribution is 2.31. The molecule has 0 bridgehead atoms. The van der Waals surface area contributed by atoms with Crippen LogP contribution in [-0.2, 0) is 4.79 Å². The SMILES string of the molecule is CC1=NN(c2ccc(Cl)c(Cl)c2)C(=O)/C1=C/c1ccc(N(C)C)cc1. The largest absolute Gasteiger partial charge is 0.378 e. The van der Waals surface area contributed by atoms with E-state index in [1.807, 2.05) is 56.3 Å². The molecule has 3 rings (SSSR count). The van der Waals surface area contributed by atoms with E-state index in [1.165, 1.54) is 5.01 Å². The highest BCUT2D eigenvalue weighted by Gasteiger charge is 2.28. The lowest BCUT2D eigenvalue weighted by atomic mass is 10.1. The molecule has 128 valence electrons. The molecule has 1 heterocycles. The minimum atomic E-state index is -0.187. The van der Waals surface area contributed by atoms with E-state index in [-0.39, 0.29) is 5.91 Å². The number of amides is 1. The maximum Gasteiger partial charge on any atom is 0.280 e. The number of nitrogens with zero attached hydrogens (tertiary/aromatic N) is 3. The van der Waals surface area contributed by atoms with Gasteiger partial charge in [-0.25, -0.2) is 0 Å². The van der Waals surface area contributed by atoms with Gasteiger partial charge in [0.2, 0.25) is 0 Å². The van der Waals surface area contributed by atoms with Gasteiger partial charge in [-0.15, -0.1) is 0 Å². The molecule has 0 unspecified atom stereocenters. The van der Waals surface area contributed by atoms with E-state index in [9.17, 15) is 4.79 Å². The summed E-state index contributed by atoms with van der Waals surface area (Å²) < 4.78 is 0. The molecule has 1 aliphatic heterocycles. The number of hydrogen-bond donors (Lipinski definition) is 0. The van der Waals surface area contributed by atoms with Gasteiger partial charge in [-0.05, 0) is 48.9 Å². The molecule has 0 atom stereocenters. The fourth-order valence-electron chi connectivity index (χ4n) is 2.51. The van der Waals surface area contributed by atoms with Crippen LogP contribution in [0.25, 0.3) is 6.08 Å². The molecule has 2 aromatic carbocycles.